The molecule has 2 aromatic rings. The molecule has 0 aliphatic heterocycles. The van der Waals surface area contributed by atoms with Crippen LogP contribution in [0.25, 0.3) is 0 Å². The number of nitrogens with one attached hydrogen (secondary N) is 1. The zero-order valence-electron chi connectivity index (χ0n) is 13.5. The van der Waals surface area contributed by atoms with Crippen LogP contribution in [0.1, 0.15) is 39.8 Å². The molecule has 1 saturated carbocycles. The van der Waals surface area contributed by atoms with Gasteiger partial charge in [0.15, 0.2) is 0 Å². The highest BCUT2D eigenvalue weighted by Gasteiger charge is 2.37. The third-order valence-electron chi connectivity index (χ3n) is 4.39. The van der Waals surface area contributed by atoms with Crippen molar-refractivity contribution in [2.75, 3.05) is 7.11 Å². The molecule has 1 aliphatic carbocycles. The summed E-state index contributed by atoms with van der Waals surface area (Å²) in [5, 5.41) is 12.6. The van der Waals surface area contributed by atoms with Crippen LogP contribution in [0, 0.1) is 18.7 Å². The van der Waals surface area contributed by atoms with E-state index in [4.69, 9.17) is 4.74 Å². The number of aliphatic hydroxyl groups is 1. The van der Waals surface area contributed by atoms with Crippen molar-refractivity contribution in [1.82, 2.24) is 10.3 Å². The molecule has 0 saturated heterocycles. The van der Waals surface area contributed by atoms with Gasteiger partial charge in [-0.25, -0.2) is 9.37 Å². The van der Waals surface area contributed by atoms with Gasteiger partial charge in [-0.1, -0.05) is 0 Å². The highest BCUT2D eigenvalue weighted by molar-refractivity contribution is 7.11. The summed E-state index contributed by atoms with van der Waals surface area (Å²) in [6.07, 6.45) is 0.748. The highest BCUT2D eigenvalue weighted by Crippen LogP contribution is 2.41. The Hall–Kier alpha value is -1.99. The van der Waals surface area contributed by atoms with E-state index in [-0.39, 0.29) is 23.7 Å². The molecule has 1 heterocycles. The van der Waals surface area contributed by atoms with Crippen LogP contribution in [0.5, 0.6) is 5.75 Å². The van der Waals surface area contributed by atoms with Crippen LogP contribution < -0.4 is 10.1 Å². The molecule has 0 radical (unpaired) electrons. The minimum atomic E-state index is -0.423. The molecule has 1 fully saturated rings. The number of aliphatic hydroxyl groups excluding tert-OH is 1. The summed E-state index contributed by atoms with van der Waals surface area (Å²) in [6, 6.07) is 3.84. The maximum Gasteiger partial charge on any atom is 0.263 e. The summed E-state index contributed by atoms with van der Waals surface area (Å²) in [7, 11) is 1.51. The summed E-state index contributed by atoms with van der Waals surface area (Å²) in [5.74, 6) is -0.0800. The second-order valence-electron chi connectivity index (χ2n) is 5.99. The predicted octanol–water partition coefficient (Wildman–Crippen LogP) is 2.84. The number of carbonyl (C=O) groups is 1. The fourth-order valence-electron chi connectivity index (χ4n) is 3.03. The number of aromatic nitrogens is 1. The fraction of sp³-hybridized carbons (Fsp3) is 0.412. The van der Waals surface area contributed by atoms with Crippen LogP contribution in [-0.2, 0) is 0 Å². The molecule has 24 heavy (non-hydrogen) atoms. The monoisotopic (exact) mass is 350 g/mol. The van der Waals surface area contributed by atoms with Crippen LogP contribution >= 0.6 is 11.3 Å². The Morgan fingerprint density at radius 3 is 2.83 bits per heavy atom. The van der Waals surface area contributed by atoms with Crippen molar-refractivity contribution in [3.05, 3.63) is 45.7 Å². The quantitative estimate of drug-likeness (QED) is 0.870. The highest BCUT2D eigenvalue weighted by atomic mass is 32.1. The number of carbonyl (C=O) groups excluding carboxylic acids is 1. The molecule has 3 rings (SSSR count). The topological polar surface area (TPSA) is 71.5 Å². The minimum Gasteiger partial charge on any atom is -0.496 e. The van der Waals surface area contributed by atoms with Crippen molar-refractivity contribution in [2.24, 2.45) is 5.92 Å². The van der Waals surface area contributed by atoms with Gasteiger partial charge in [-0.15, -0.1) is 11.3 Å². The summed E-state index contributed by atoms with van der Waals surface area (Å²) in [6.45, 7) is 1.77. The van der Waals surface area contributed by atoms with Gasteiger partial charge in [0.05, 0.1) is 30.5 Å². The van der Waals surface area contributed by atoms with Crippen molar-refractivity contribution in [3.63, 3.8) is 0 Å². The molecule has 0 spiro atoms. The van der Waals surface area contributed by atoms with Crippen molar-refractivity contribution in [3.8, 4) is 5.75 Å². The Balaban J connectivity index is 1.91. The number of methoxy groups -OCH3 is 1. The van der Waals surface area contributed by atoms with Crippen LogP contribution in [0.4, 0.5) is 4.39 Å². The summed E-state index contributed by atoms with van der Waals surface area (Å²) >= 11 is 1.27. The molecular weight excluding hydrogens is 331 g/mol. The first kappa shape index (κ1) is 16.9. The van der Waals surface area contributed by atoms with Crippen LogP contribution in [0.3, 0.4) is 0 Å². The molecule has 0 bridgehead atoms. The third kappa shape index (κ3) is 3.27. The largest absolute Gasteiger partial charge is 0.496 e. The van der Waals surface area contributed by atoms with Gasteiger partial charge in [-0.3, -0.25) is 4.79 Å². The molecule has 5 nitrogen and oxygen atoms in total. The third-order valence-corrected chi connectivity index (χ3v) is 5.31. The zero-order chi connectivity index (χ0) is 17.3. The lowest BCUT2D eigenvalue weighted by Crippen LogP contribution is -2.41. The zero-order valence-corrected chi connectivity index (χ0v) is 14.3. The van der Waals surface area contributed by atoms with Gasteiger partial charge in [0.2, 0.25) is 0 Å². The second-order valence-corrected chi connectivity index (χ2v) is 6.84. The fourth-order valence-corrected chi connectivity index (χ4v) is 3.73. The number of hydrogen-bond acceptors (Lipinski definition) is 5. The van der Waals surface area contributed by atoms with E-state index in [1.807, 2.05) is 0 Å². The molecule has 1 unspecified atom stereocenters. The first-order valence-electron chi connectivity index (χ1n) is 7.72. The van der Waals surface area contributed by atoms with E-state index in [1.54, 1.807) is 18.5 Å². The Morgan fingerprint density at radius 2 is 2.25 bits per heavy atom. The van der Waals surface area contributed by atoms with Crippen molar-refractivity contribution >= 4 is 17.2 Å². The van der Waals surface area contributed by atoms with E-state index < -0.39 is 6.04 Å². The van der Waals surface area contributed by atoms with Gasteiger partial charge in [0.25, 0.3) is 5.91 Å². The van der Waals surface area contributed by atoms with E-state index in [2.05, 4.69) is 10.3 Å². The molecule has 1 aromatic carbocycles. The summed E-state index contributed by atoms with van der Waals surface area (Å²) in [4.78, 5) is 17.2. The molecule has 2 N–H and O–H groups in total. The Labute approximate surface area is 143 Å². The number of amides is 1. The van der Waals surface area contributed by atoms with Crippen LogP contribution in [0.15, 0.2) is 23.7 Å². The molecule has 1 aromatic heterocycles. The molecule has 128 valence electrons. The van der Waals surface area contributed by atoms with Gasteiger partial charge < -0.3 is 15.2 Å². The molecule has 1 aliphatic rings. The number of halogens is 1. The molecule has 1 atom stereocenters. The van der Waals surface area contributed by atoms with Crippen LogP contribution in [0.2, 0.25) is 0 Å². The number of thiazole rings is 1. The molecule has 7 heteroatoms. The molecule has 1 amide bonds. The van der Waals surface area contributed by atoms with Gasteiger partial charge in [-0.2, -0.15) is 0 Å². The van der Waals surface area contributed by atoms with Crippen LogP contribution in [-0.4, -0.2) is 29.2 Å². The van der Waals surface area contributed by atoms with Gasteiger partial charge in [0.1, 0.15) is 16.4 Å². The average molecular weight is 350 g/mol. The number of nitrogens with zero attached hydrogens (tertiary/aromatic N) is 1. The maximum absolute atomic E-state index is 13.8. The van der Waals surface area contributed by atoms with E-state index in [1.165, 1.54) is 30.6 Å². The SMILES string of the molecule is COc1ccc(F)cc1C(NC(=O)c1scnc1C)C1CC(O)C1. The normalized spacial score (nSPS) is 21.0. The number of aryl methyl sites for hydroxylation is 1. The Kier molecular flexibility index (Phi) is 4.82. The average Bonchev–Trinajstić information content (AvgIpc) is 2.96. The number of ether oxygens (including phenoxy) is 1. The van der Waals surface area contributed by atoms with Gasteiger partial charge >= 0.3 is 0 Å². The lowest BCUT2D eigenvalue weighted by atomic mass is 9.75. The smallest absolute Gasteiger partial charge is 0.263 e. The summed E-state index contributed by atoms with van der Waals surface area (Å²) < 4.78 is 19.1. The van der Waals surface area contributed by atoms with Gasteiger partial charge in [-0.05, 0) is 43.9 Å². The first-order chi connectivity index (χ1) is 11.5. The predicted molar refractivity (Wildman–Crippen MR) is 88.7 cm³/mol. The lowest BCUT2D eigenvalue weighted by molar-refractivity contribution is 0.0231. The van der Waals surface area contributed by atoms with Gasteiger partial charge in [0, 0.05) is 5.56 Å². The van der Waals surface area contributed by atoms with Crippen molar-refractivity contribution < 1.29 is 19.0 Å². The standard InChI is InChI=1S/C17H19FN2O3S/c1-9-16(24-8-19-9)17(22)20-15(10-5-12(21)6-10)13-7-11(18)3-4-14(13)23-2/h3-4,7-8,10,12,15,21H,5-6H2,1-2H3,(H,20,22). The van der Waals surface area contributed by atoms with E-state index in [0.717, 1.165) is 0 Å². The maximum atomic E-state index is 13.8. The van der Waals surface area contributed by atoms with Crippen molar-refractivity contribution in [1.29, 1.82) is 0 Å². The first-order valence-corrected chi connectivity index (χ1v) is 8.60. The van der Waals surface area contributed by atoms with E-state index >= 15 is 0 Å². The van der Waals surface area contributed by atoms with E-state index in [9.17, 15) is 14.3 Å². The Morgan fingerprint density at radius 1 is 1.50 bits per heavy atom. The lowest BCUT2D eigenvalue weighted by Gasteiger charge is -2.38. The number of benzene rings is 1. The second kappa shape index (κ2) is 6.86. The van der Waals surface area contributed by atoms with Crippen molar-refractivity contribution in [2.45, 2.75) is 31.9 Å². The number of rotatable bonds is 5. The molecular formula is C17H19FN2O3S. The number of hydrogen-bond donors (Lipinski definition) is 2. The minimum absolute atomic E-state index is 0.0351. The Bertz CT molecular complexity index is 743. The summed E-state index contributed by atoms with van der Waals surface area (Å²) in [5.41, 5.74) is 2.87. The van der Waals surface area contributed by atoms with E-state index in [0.29, 0.717) is 34.7 Å².